The number of thiophene rings is 1. The fourth-order valence-electron chi connectivity index (χ4n) is 5.76. The van der Waals surface area contributed by atoms with Gasteiger partial charge in [-0.15, -0.1) is 11.3 Å². The number of fused-ring (bicyclic) bond motifs is 2. The van der Waals surface area contributed by atoms with Crippen molar-refractivity contribution in [1.29, 1.82) is 0 Å². The maximum atomic E-state index is 14.1. The quantitative estimate of drug-likeness (QED) is 0.204. The van der Waals surface area contributed by atoms with Gasteiger partial charge in [-0.3, -0.25) is 4.79 Å². The summed E-state index contributed by atoms with van der Waals surface area (Å²) >= 11 is 1.54. The highest BCUT2D eigenvalue weighted by Gasteiger charge is 2.26. The molecule has 0 spiro atoms. The van der Waals surface area contributed by atoms with Crippen LogP contribution in [-0.2, 0) is 17.6 Å². The molecular weight excluding hydrogens is 556 g/mol. The molecule has 43 heavy (non-hydrogen) atoms. The molecule has 2 aromatic heterocycles. The maximum Gasteiger partial charge on any atom is 0.341 e. The van der Waals surface area contributed by atoms with Crippen molar-refractivity contribution in [2.75, 3.05) is 18.5 Å². The molecule has 0 saturated heterocycles. The number of amides is 1. The number of hydrogen-bond acceptors (Lipinski definition) is 6. The Bertz CT molecular complexity index is 1540. The van der Waals surface area contributed by atoms with E-state index in [1.54, 1.807) is 11.3 Å². The van der Waals surface area contributed by atoms with Crippen LogP contribution in [0.25, 0.3) is 22.2 Å². The molecule has 2 aromatic carbocycles. The third kappa shape index (κ3) is 7.63. The number of pyridine rings is 1. The van der Waals surface area contributed by atoms with Gasteiger partial charge in [-0.2, -0.15) is 0 Å². The van der Waals surface area contributed by atoms with Crippen molar-refractivity contribution < 1.29 is 19.1 Å². The monoisotopic (exact) mass is 598 g/mol. The zero-order valence-corrected chi connectivity index (χ0v) is 26.2. The van der Waals surface area contributed by atoms with Crippen molar-refractivity contribution in [3.8, 4) is 17.0 Å². The van der Waals surface area contributed by atoms with E-state index in [9.17, 15) is 9.59 Å². The average molecular weight is 599 g/mol. The lowest BCUT2D eigenvalue weighted by molar-refractivity contribution is 0.0526. The fraction of sp³-hybridized carbons (Fsp3) is 0.417. The van der Waals surface area contributed by atoms with Crippen LogP contribution in [0.2, 0.25) is 0 Å². The van der Waals surface area contributed by atoms with E-state index < -0.39 is 0 Å². The lowest BCUT2D eigenvalue weighted by atomic mass is 9.97. The first-order chi connectivity index (χ1) is 21.1. The third-order valence-corrected chi connectivity index (χ3v) is 9.17. The molecule has 0 unspecified atom stereocenters. The van der Waals surface area contributed by atoms with Gasteiger partial charge in [-0.1, -0.05) is 63.6 Å². The molecule has 0 bridgehead atoms. The van der Waals surface area contributed by atoms with Crippen molar-refractivity contribution >= 4 is 39.1 Å². The number of esters is 1. The summed E-state index contributed by atoms with van der Waals surface area (Å²) in [5, 5.41) is 4.50. The van der Waals surface area contributed by atoms with Crippen LogP contribution in [-0.4, -0.2) is 30.1 Å². The van der Waals surface area contributed by atoms with E-state index in [1.807, 2.05) is 61.5 Å². The number of benzene rings is 2. The highest BCUT2D eigenvalue weighted by Crippen LogP contribution is 2.38. The van der Waals surface area contributed by atoms with Crippen LogP contribution in [0, 0.1) is 0 Å². The first-order valence-corrected chi connectivity index (χ1v) is 16.7. The minimum absolute atomic E-state index is 0.259. The topological polar surface area (TPSA) is 77.5 Å². The molecule has 0 radical (unpaired) electrons. The lowest BCUT2D eigenvalue weighted by Crippen LogP contribution is -2.16. The normalized spacial score (nSPS) is 14.3. The van der Waals surface area contributed by atoms with Crippen molar-refractivity contribution in [3.05, 3.63) is 76.2 Å². The van der Waals surface area contributed by atoms with Gasteiger partial charge in [0.2, 0.25) is 0 Å². The summed E-state index contributed by atoms with van der Waals surface area (Å²) in [6.45, 7) is 4.85. The summed E-state index contributed by atoms with van der Waals surface area (Å²) in [6.07, 6.45) is 12.2. The van der Waals surface area contributed by atoms with Crippen LogP contribution in [0.3, 0.4) is 0 Å². The molecule has 0 saturated carbocycles. The van der Waals surface area contributed by atoms with Gasteiger partial charge in [-0.25, -0.2) is 9.78 Å². The number of hydrogen-bond donors (Lipinski definition) is 1. The van der Waals surface area contributed by atoms with Crippen LogP contribution in [0.5, 0.6) is 5.75 Å². The Morgan fingerprint density at radius 1 is 0.884 bits per heavy atom. The third-order valence-electron chi connectivity index (χ3n) is 7.96. The zero-order valence-electron chi connectivity index (χ0n) is 25.4. The van der Waals surface area contributed by atoms with Crippen molar-refractivity contribution in [1.82, 2.24) is 4.98 Å². The van der Waals surface area contributed by atoms with E-state index in [0.29, 0.717) is 28.4 Å². The molecule has 2 heterocycles. The number of ether oxygens (including phenoxy) is 2. The summed E-state index contributed by atoms with van der Waals surface area (Å²) in [4.78, 5) is 33.5. The first-order valence-electron chi connectivity index (χ1n) is 15.8. The molecule has 0 atom stereocenters. The number of para-hydroxylation sites is 1. The fourth-order valence-corrected chi connectivity index (χ4v) is 7.03. The molecule has 0 aliphatic heterocycles. The number of nitrogens with zero attached hydrogens (tertiary/aromatic N) is 1. The van der Waals surface area contributed by atoms with Gasteiger partial charge in [-0.05, 0) is 81.0 Å². The van der Waals surface area contributed by atoms with Gasteiger partial charge in [0, 0.05) is 15.8 Å². The predicted octanol–water partition coefficient (Wildman–Crippen LogP) is 9.40. The number of rotatable bonds is 8. The molecule has 7 heteroatoms. The Labute approximate surface area is 258 Å². The lowest BCUT2D eigenvalue weighted by Gasteiger charge is -2.12. The standard InChI is InChI=1S/C36H42N2O4S/c1-3-23-42-26-21-19-25(20-22-26)31-24-29(27-15-13-14-17-30(27)37-31)34(39)38-35-33(36(40)41-4-2)28-16-11-9-7-5-6-8-10-12-18-32(28)43-35/h13-15,17,19-22,24H,3-12,16,18,23H2,1-2H3,(H,38,39). The van der Waals surface area contributed by atoms with Crippen LogP contribution < -0.4 is 10.1 Å². The molecule has 1 amide bonds. The van der Waals surface area contributed by atoms with Crippen LogP contribution in [0.15, 0.2) is 54.6 Å². The summed E-state index contributed by atoms with van der Waals surface area (Å²) in [6, 6.07) is 17.3. The van der Waals surface area contributed by atoms with Crippen LogP contribution in [0.4, 0.5) is 5.00 Å². The SMILES string of the molecule is CCCOc1ccc(-c2cc(C(=O)Nc3sc4c(c3C(=O)OCC)CCCCCCCCCC4)c3ccccc3n2)cc1. The van der Waals surface area contributed by atoms with Crippen LogP contribution >= 0.6 is 11.3 Å². The van der Waals surface area contributed by atoms with Crippen molar-refractivity contribution in [3.63, 3.8) is 0 Å². The molecule has 1 aliphatic carbocycles. The van der Waals surface area contributed by atoms with Crippen molar-refractivity contribution in [2.24, 2.45) is 0 Å². The van der Waals surface area contributed by atoms with Crippen LogP contribution in [0.1, 0.15) is 103 Å². The molecule has 1 N–H and O–H groups in total. The summed E-state index contributed by atoms with van der Waals surface area (Å²) in [5.41, 5.74) is 4.45. The van der Waals surface area contributed by atoms with E-state index in [0.717, 1.165) is 66.3 Å². The van der Waals surface area contributed by atoms with Gasteiger partial charge in [0.25, 0.3) is 5.91 Å². The van der Waals surface area contributed by atoms with Gasteiger partial charge >= 0.3 is 5.97 Å². The Morgan fingerprint density at radius 3 is 2.30 bits per heavy atom. The smallest absolute Gasteiger partial charge is 0.341 e. The minimum Gasteiger partial charge on any atom is -0.494 e. The first kappa shape index (κ1) is 30.7. The summed E-state index contributed by atoms with van der Waals surface area (Å²) < 4.78 is 11.3. The Morgan fingerprint density at radius 2 is 1.58 bits per heavy atom. The number of carbonyl (C=O) groups excluding carboxylic acids is 2. The number of carbonyl (C=O) groups is 2. The van der Waals surface area contributed by atoms with E-state index >= 15 is 0 Å². The summed E-state index contributed by atoms with van der Waals surface area (Å²) in [5.74, 6) is 0.195. The van der Waals surface area contributed by atoms with E-state index in [2.05, 4.69) is 12.2 Å². The minimum atomic E-state index is -0.354. The van der Waals surface area contributed by atoms with E-state index in [4.69, 9.17) is 14.5 Å². The predicted molar refractivity (Wildman–Crippen MR) is 176 cm³/mol. The number of aromatic nitrogens is 1. The number of nitrogens with one attached hydrogen (secondary N) is 1. The molecular formula is C36H42N2O4S. The van der Waals surface area contributed by atoms with Gasteiger partial charge in [0.1, 0.15) is 10.8 Å². The van der Waals surface area contributed by atoms with Gasteiger partial charge in [0.05, 0.1) is 35.6 Å². The van der Waals surface area contributed by atoms with Crippen molar-refractivity contribution in [2.45, 2.75) is 84.5 Å². The van der Waals surface area contributed by atoms with E-state index in [-0.39, 0.29) is 18.5 Å². The molecule has 4 aromatic rings. The summed E-state index contributed by atoms with van der Waals surface area (Å²) in [7, 11) is 0. The Kier molecular flexibility index (Phi) is 10.8. The molecule has 0 fully saturated rings. The highest BCUT2D eigenvalue weighted by atomic mass is 32.1. The second-order valence-electron chi connectivity index (χ2n) is 11.2. The second kappa shape index (κ2) is 15.1. The highest BCUT2D eigenvalue weighted by molar-refractivity contribution is 7.17. The van der Waals surface area contributed by atoms with Gasteiger partial charge in [0.15, 0.2) is 0 Å². The molecule has 1 aliphatic rings. The zero-order chi connectivity index (χ0) is 30.0. The van der Waals surface area contributed by atoms with Gasteiger partial charge < -0.3 is 14.8 Å². The molecule has 226 valence electrons. The second-order valence-corrected chi connectivity index (χ2v) is 12.3. The maximum absolute atomic E-state index is 14.1. The molecule has 5 rings (SSSR count). The van der Waals surface area contributed by atoms with E-state index in [1.165, 1.54) is 37.0 Å². The number of aryl methyl sites for hydroxylation is 1. The number of anilines is 1. The average Bonchev–Trinajstić information content (AvgIpc) is 3.36. The Balaban J connectivity index is 1.51. The largest absolute Gasteiger partial charge is 0.494 e. The Hall–Kier alpha value is -3.71. The molecule has 6 nitrogen and oxygen atoms in total.